The van der Waals surface area contributed by atoms with Crippen LogP contribution in [0.3, 0.4) is 0 Å². The summed E-state index contributed by atoms with van der Waals surface area (Å²) in [6, 6.07) is 17.1. The number of rotatable bonds is 4. The summed E-state index contributed by atoms with van der Waals surface area (Å²) in [4.78, 5) is 12.0. The first-order chi connectivity index (χ1) is 9.16. The number of carbonyl (C=O) groups is 1. The van der Waals surface area contributed by atoms with Crippen molar-refractivity contribution < 1.29 is 4.79 Å². The van der Waals surface area contributed by atoms with Crippen LogP contribution in [0.4, 0.5) is 0 Å². The first-order valence-corrected chi connectivity index (χ1v) is 6.63. The minimum atomic E-state index is -0.0923. The molecule has 0 aliphatic heterocycles. The third-order valence-corrected chi connectivity index (χ3v) is 3.26. The van der Waals surface area contributed by atoms with Crippen LogP contribution in [-0.2, 0) is 0 Å². The van der Waals surface area contributed by atoms with Gasteiger partial charge >= 0.3 is 0 Å². The second-order valence-electron chi connectivity index (χ2n) is 4.53. The zero-order valence-corrected chi connectivity index (χ0v) is 11.5. The zero-order chi connectivity index (χ0) is 13.7. The van der Waals surface area contributed by atoms with Gasteiger partial charge in [-0.2, -0.15) is 0 Å². The summed E-state index contributed by atoms with van der Waals surface area (Å²) in [6.07, 6.45) is 0. The summed E-state index contributed by atoms with van der Waals surface area (Å²) in [6.45, 7) is 2.70. The largest absolute Gasteiger partial charge is 0.351 e. The molecule has 0 aliphatic carbocycles. The van der Waals surface area contributed by atoms with Crippen LogP contribution in [-0.4, -0.2) is 12.5 Å². The highest BCUT2D eigenvalue weighted by molar-refractivity contribution is 6.30. The summed E-state index contributed by atoms with van der Waals surface area (Å²) in [5.74, 6) is 0.189. The molecule has 1 amide bonds. The Morgan fingerprint density at radius 3 is 2.58 bits per heavy atom. The monoisotopic (exact) mass is 273 g/mol. The summed E-state index contributed by atoms with van der Waals surface area (Å²) < 4.78 is 0. The molecule has 0 aliphatic rings. The maximum Gasteiger partial charge on any atom is 0.251 e. The third-order valence-electron chi connectivity index (χ3n) is 3.02. The van der Waals surface area contributed by atoms with E-state index in [1.807, 2.05) is 18.2 Å². The lowest BCUT2D eigenvalue weighted by atomic mass is 10.0. The molecule has 1 atom stereocenters. The van der Waals surface area contributed by atoms with Gasteiger partial charge in [0.05, 0.1) is 0 Å². The third kappa shape index (κ3) is 3.83. The molecule has 98 valence electrons. The number of nitrogens with one attached hydrogen (secondary N) is 1. The fourth-order valence-corrected chi connectivity index (χ4v) is 2.07. The van der Waals surface area contributed by atoms with Gasteiger partial charge in [-0.05, 0) is 29.7 Å². The Morgan fingerprint density at radius 2 is 1.89 bits per heavy atom. The van der Waals surface area contributed by atoms with E-state index in [1.165, 1.54) is 5.56 Å². The van der Waals surface area contributed by atoms with Crippen LogP contribution >= 0.6 is 11.6 Å². The number of amides is 1. The van der Waals surface area contributed by atoms with E-state index in [4.69, 9.17) is 11.6 Å². The topological polar surface area (TPSA) is 29.1 Å². The van der Waals surface area contributed by atoms with Gasteiger partial charge in [-0.25, -0.2) is 0 Å². The van der Waals surface area contributed by atoms with E-state index >= 15 is 0 Å². The molecule has 0 radical (unpaired) electrons. The highest BCUT2D eigenvalue weighted by atomic mass is 35.5. The average molecular weight is 274 g/mol. The van der Waals surface area contributed by atoms with Crippen molar-refractivity contribution in [2.24, 2.45) is 0 Å². The predicted molar refractivity (Wildman–Crippen MR) is 78.6 cm³/mol. The van der Waals surface area contributed by atoms with Crippen LogP contribution in [0, 0.1) is 0 Å². The Balaban J connectivity index is 1.94. The van der Waals surface area contributed by atoms with Crippen molar-refractivity contribution in [3.05, 3.63) is 70.7 Å². The summed E-state index contributed by atoms with van der Waals surface area (Å²) >= 11 is 5.87. The Morgan fingerprint density at radius 1 is 1.16 bits per heavy atom. The van der Waals surface area contributed by atoms with E-state index < -0.39 is 0 Å². The van der Waals surface area contributed by atoms with Crippen molar-refractivity contribution in [3.63, 3.8) is 0 Å². The molecule has 0 saturated carbocycles. The van der Waals surface area contributed by atoms with Gasteiger partial charge in [0.2, 0.25) is 0 Å². The molecular formula is C16H16ClNO. The number of halogens is 1. The van der Waals surface area contributed by atoms with Gasteiger partial charge in [-0.15, -0.1) is 0 Å². The molecule has 0 heterocycles. The molecule has 1 N–H and O–H groups in total. The van der Waals surface area contributed by atoms with Crippen molar-refractivity contribution in [1.29, 1.82) is 0 Å². The van der Waals surface area contributed by atoms with Crippen molar-refractivity contribution in [2.75, 3.05) is 6.54 Å². The SMILES string of the molecule is C[C@@H](CNC(=O)c1cccc(Cl)c1)c1ccccc1. The van der Waals surface area contributed by atoms with Crippen LogP contribution in [0.25, 0.3) is 0 Å². The lowest BCUT2D eigenvalue weighted by Crippen LogP contribution is -2.27. The van der Waals surface area contributed by atoms with E-state index in [0.717, 1.165) is 0 Å². The Hall–Kier alpha value is -1.80. The minimum absolute atomic E-state index is 0.0923. The van der Waals surface area contributed by atoms with Crippen LogP contribution in [0.1, 0.15) is 28.8 Å². The van der Waals surface area contributed by atoms with E-state index in [0.29, 0.717) is 17.1 Å². The predicted octanol–water partition coefficient (Wildman–Crippen LogP) is 3.87. The van der Waals surface area contributed by atoms with Crippen molar-refractivity contribution in [1.82, 2.24) is 5.32 Å². The Kier molecular flexibility index (Phi) is 4.58. The maximum atomic E-state index is 12.0. The summed E-state index contributed by atoms with van der Waals surface area (Å²) in [5.41, 5.74) is 1.81. The van der Waals surface area contributed by atoms with Crippen LogP contribution < -0.4 is 5.32 Å². The highest BCUT2D eigenvalue weighted by Crippen LogP contribution is 2.14. The number of hydrogen-bond donors (Lipinski definition) is 1. The first kappa shape index (κ1) is 13.6. The number of benzene rings is 2. The van der Waals surface area contributed by atoms with Crippen LogP contribution in [0.15, 0.2) is 54.6 Å². The molecule has 2 nitrogen and oxygen atoms in total. The zero-order valence-electron chi connectivity index (χ0n) is 10.8. The lowest BCUT2D eigenvalue weighted by Gasteiger charge is -2.13. The van der Waals surface area contributed by atoms with Crippen LogP contribution in [0.2, 0.25) is 5.02 Å². The molecule has 3 heteroatoms. The maximum absolute atomic E-state index is 12.0. The molecule has 0 bridgehead atoms. The van der Waals surface area contributed by atoms with Gasteiger partial charge < -0.3 is 5.32 Å². The average Bonchev–Trinajstić information content (AvgIpc) is 2.45. The Bertz CT molecular complexity index is 554. The molecule has 0 aromatic heterocycles. The highest BCUT2D eigenvalue weighted by Gasteiger charge is 2.09. The smallest absolute Gasteiger partial charge is 0.251 e. The van der Waals surface area contributed by atoms with Gasteiger partial charge in [0.25, 0.3) is 5.91 Å². The fourth-order valence-electron chi connectivity index (χ4n) is 1.88. The molecule has 2 rings (SSSR count). The number of carbonyl (C=O) groups excluding carboxylic acids is 1. The van der Waals surface area contributed by atoms with Crippen molar-refractivity contribution in [2.45, 2.75) is 12.8 Å². The van der Waals surface area contributed by atoms with Gasteiger partial charge in [-0.3, -0.25) is 4.79 Å². The van der Waals surface area contributed by atoms with Gasteiger partial charge in [0.1, 0.15) is 0 Å². The minimum Gasteiger partial charge on any atom is -0.351 e. The van der Waals surface area contributed by atoms with E-state index in [2.05, 4.69) is 24.4 Å². The van der Waals surface area contributed by atoms with Gasteiger partial charge in [0.15, 0.2) is 0 Å². The van der Waals surface area contributed by atoms with Gasteiger partial charge in [0, 0.05) is 17.1 Å². The van der Waals surface area contributed by atoms with Gasteiger partial charge in [-0.1, -0.05) is 54.9 Å². The standard InChI is InChI=1S/C16H16ClNO/c1-12(13-6-3-2-4-7-13)11-18-16(19)14-8-5-9-15(17)10-14/h2-10,12H,11H2,1H3,(H,18,19)/t12-/m0/s1. The molecule has 2 aromatic rings. The summed E-state index contributed by atoms with van der Waals surface area (Å²) in [7, 11) is 0. The molecule has 0 fully saturated rings. The summed E-state index contributed by atoms with van der Waals surface area (Å²) in [5, 5.41) is 3.50. The molecule has 0 unspecified atom stereocenters. The van der Waals surface area contributed by atoms with Crippen LogP contribution in [0.5, 0.6) is 0 Å². The molecule has 0 spiro atoms. The van der Waals surface area contributed by atoms with Crippen molar-refractivity contribution in [3.8, 4) is 0 Å². The quantitative estimate of drug-likeness (QED) is 0.900. The molecule has 2 aromatic carbocycles. The number of hydrogen-bond acceptors (Lipinski definition) is 1. The Labute approximate surface area is 118 Å². The second kappa shape index (κ2) is 6.39. The van der Waals surface area contributed by atoms with E-state index in [-0.39, 0.29) is 11.8 Å². The molecule has 19 heavy (non-hydrogen) atoms. The second-order valence-corrected chi connectivity index (χ2v) is 4.97. The molecular weight excluding hydrogens is 258 g/mol. The molecule has 0 saturated heterocycles. The normalized spacial score (nSPS) is 11.9. The lowest BCUT2D eigenvalue weighted by molar-refractivity contribution is 0.0951. The fraction of sp³-hybridized carbons (Fsp3) is 0.188. The van der Waals surface area contributed by atoms with E-state index in [9.17, 15) is 4.79 Å². The van der Waals surface area contributed by atoms with E-state index in [1.54, 1.807) is 24.3 Å². The van der Waals surface area contributed by atoms with Crippen molar-refractivity contribution >= 4 is 17.5 Å². The first-order valence-electron chi connectivity index (χ1n) is 6.25.